The van der Waals surface area contributed by atoms with E-state index in [0.29, 0.717) is 6.54 Å². The van der Waals surface area contributed by atoms with Crippen LogP contribution in [0.5, 0.6) is 0 Å². The van der Waals surface area contributed by atoms with Crippen molar-refractivity contribution in [2.45, 2.75) is 12.8 Å². The third kappa shape index (κ3) is 5.20. The third-order valence-corrected chi connectivity index (χ3v) is 4.62. The number of hydrogen-bond acceptors (Lipinski definition) is 4. The molecule has 1 aromatic heterocycles. The van der Waals surface area contributed by atoms with Crippen LogP contribution in [0.3, 0.4) is 0 Å². The minimum Gasteiger partial charge on any atom is -0.353 e. The molecule has 2 saturated heterocycles. The number of hydrogen-bond donors (Lipinski definition) is 1. The zero-order valence-corrected chi connectivity index (χ0v) is 17.1. The Morgan fingerprint density at radius 2 is 1.84 bits per heavy atom. The number of pyridine rings is 1. The van der Waals surface area contributed by atoms with E-state index in [4.69, 9.17) is 0 Å². The third-order valence-electron chi connectivity index (χ3n) is 4.62. The molecule has 0 atom stereocenters. The summed E-state index contributed by atoms with van der Waals surface area (Å²) in [5.41, 5.74) is 0. The summed E-state index contributed by atoms with van der Waals surface area (Å²) in [4.78, 5) is 27.3. The molecule has 2 fully saturated rings. The quantitative estimate of drug-likeness (QED) is 0.417. The summed E-state index contributed by atoms with van der Waals surface area (Å²) in [5.74, 6) is 1.99. The summed E-state index contributed by atoms with van der Waals surface area (Å²) in [7, 11) is 1.77. The number of likely N-dealkylation sites (tertiary alicyclic amines) is 1. The lowest BCUT2D eigenvalue weighted by Gasteiger charge is -2.37. The van der Waals surface area contributed by atoms with Gasteiger partial charge < -0.3 is 20.0 Å². The highest BCUT2D eigenvalue weighted by Gasteiger charge is 2.22. The number of nitrogens with zero attached hydrogens (tertiary/aromatic N) is 5. The highest BCUT2D eigenvalue weighted by molar-refractivity contribution is 14.0. The van der Waals surface area contributed by atoms with E-state index < -0.39 is 0 Å². The molecule has 2 aliphatic rings. The van der Waals surface area contributed by atoms with Crippen molar-refractivity contribution in [3.8, 4) is 0 Å². The van der Waals surface area contributed by atoms with Crippen molar-refractivity contribution in [3.63, 3.8) is 0 Å². The van der Waals surface area contributed by atoms with Crippen molar-refractivity contribution in [1.82, 2.24) is 20.1 Å². The molecule has 0 bridgehead atoms. The lowest BCUT2D eigenvalue weighted by molar-refractivity contribution is -0.128. The molecule has 8 heteroatoms. The molecule has 7 nitrogen and oxygen atoms in total. The fourth-order valence-corrected chi connectivity index (χ4v) is 3.25. The largest absolute Gasteiger partial charge is 0.353 e. The second-order valence-corrected chi connectivity index (χ2v) is 6.15. The smallest absolute Gasteiger partial charge is 0.241 e. The monoisotopic (exact) mass is 458 g/mol. The van der Waals surface area contributed by atoms with Gasteiger partial charge in [-0.15, -0.1) is 24.0 Å². The number of rotatable bonds is 3. The molecule has 0 aromatic carbocycles. The Morgan fingerprint density at radius 3 is 2.44 bits per heavy atom. The predicted molar refractivity (Wildman–Crippen MR) is 111 cm³/mol. The number of aromatic nitrogens is 1. The molecule has 25 heavy (non-hydrogen) atoms. The molecule has 2 aliphatic heterocycles. The van der Waals surface area contributed by atoms with E-state index in [9.17, 15) is 4.79 Å². The normalized spacial score (nSPS) is 18.1. The van der Waals surface area contributed by atoms with Gasteiger partial charge in [-0.25, -0.2) is 4.98 Å². The van der Waals surface area contributed by atoms with Crippen LogP contribution in [-0.4, -0.2) is 79.5 Å². The minimum atomic E-state index is 0. The first-order valence-corrected chi connectivity index (χ1v) is 8.67. The minimum absolute atomic E-state index is 0. The number of anilines is 1. The van der Waals surface area contributed by atoms with Crippen LogP contribution in [0.2, 0.25) is 0 Å². The average molecular weight is 458 g/mol. The zero-order valence-electron chi connectivity index (χ0n) is 14.7. The summed E-state index contributed by atoms with van der Waals surface area (Å²) >= 11 is 0. The molecule has 1 N–H and O–H groups in total. The first-order valence-electron chi connectivity index (χ1n) is 8.67. The second-order valence-electron chi connectivity index (χ2n) is 6.15. The van der Waals surface area contributed by atoms with Crippen LogP contribution in [0.4, 0.5) is 5.82 Å². The van der Waals surface area contributed by atoms with Gasteiger partial charge in [0, 0.05) is 52.5 Å². The summed E-state index contributed by atoms with van der Waals surface area (Å²) in [6, 6.07) is 5.99. The van der Waals surface area contributed by atoms with Gasteiger partial charge in [-0.3, -0.25) is 9.79 Å². The van der Waals surface area contributed by atoms with Gasteiger partial charge in [0.2, 0.25) is 5.91 Å². The number of carbonyl (C=O) groups excluding carboxylic acids is 1. The number of carbonyl (C=O) groups is 1. The molecule has 3 rings (SSSR count). The second kappa shape index (κ2) is 9.79. The van der Waals surface area contributed by atoms with Crippen LogP contribution in [0, 0.1) is 0 Å². The fourth-order valence-electron chi connectivity index (χ4n) is 3.25. The zero-order chi connectivity index (χ0) is 16.8. The number of halogens is 1. The van der Waals surface area contributed by atoms with Gasteiger partial charge in [0.25, 0.3) is 0 Å². The summed E-state index contributed by atoms with van der Waals surface area (Å²) < 4.78 is 0. The number of piperazine rings is 1. The van der Waals surface area contributed by atoms with E-state index in [1.807, 2.05) is 29.3 Å². The Hall–Kier alpha value is -1.58. The molecular weight excluding hydrogens is 431 g/mol. The van der Waals surface area contributed by atoms with Gasteiger partial charge in [0.15, 0.2) is 5.96 Å². The molecule has 0 unspecified atom stereocenters. The van der Waals surface area contributed by atoms with E-state index in [-0.39, 0.29) is 29.9 Å². The van der Waals surface area contributed by atoms with Crippen LogP contribution in [0.25, 0.3) is 0 Å². The SMILES string of the molecule is CN=C(NCC(=O)N1CCCC1)N1CCN(c2ccccn2)CC1.I. The van der Waals surface area contributed by atoms with Crippen LogP contribution < -0.4 is 10.2 Å². The Labute approximate surface area is 166 Å². The highest BCUT2D eigenvalue weighted by atomic mass is 127. The van der Waals surface area contributed by atoms with Gasteiger partial charge >= 0.3 is 0 Å². The maximum Gasteiger partial charge on any atom is 0.241 e. The molecule has 1 aromatic rings. The van der Waals surface area contributed by atoms with Crippen molar-refractivity contribution >= 4 is 41.7 Å². The van der Waals surface area contributed by atoms with E-state index >= 15 is 0 Å². The van der Waals surface area contributed by atoms with E-state index in [0.717, 1.165) is 63.9 Å². The Morgan fingerprint density at radius 1 is 1.12 bits per heavy atom. The lowest BCUT2D eigenvalue weighted by Crippen LogP contribution is -2.54. The molecule has 138 valence electrons. The van der Waals surface area contributed by atoms with Crippen molar-refractivity contribution in [1.29, 1.82) is 0 Å². The Kier molecular flexibility index (Phi) is 7.73. The molecular formula is C17H27IN6O. The maximum absolute atomic E-state index is 12.2. The van der Waals surface area contributed by atoms with Crippen LogP contribution >= 0.6 is 24.0 Å². The summed E-state index contributed by atoms with van der Waals surface area (Å²) in [6.45, 7) is 5.65. The van der Waals surface area contributed by atoms with Gasteiger partial charge in [-0.05, 0) is 25.0 Å². The van der Waals surface area contributed by atoms with Gasteiger partial charge in [-0.1, -0.05) is 6.07 Å². The molecule has 0 aliphatic carbocycles. The average Bonchev–Trinajstić information content (AvgIpc) is 3.18. The van der Waals surface area contributed by atoms with Crippen LogP contribution in [0.15, 0.2) is 29.4 Å². The van der Waals surface area contributed by atoms with Gasteiger partial charge in [0.05, 0.1) is 6.54 Å². The van der Waals surface area contributed by atoms with Crippen LogP contribution in [0.1, 0.15) is 12.8 Å². The standard InChI is InChI=1S/C17H26N6O.HI/c1-18-17(20-14-16(24)22-8-4-5-9-22)23-12-10-21(11-13-23)15-6-2-3-7-19-15;/h2-3,6-7H,4-5,8-14H2,1H3,(H,18,20);1H. The molecule has 1 amide bonds. The van der Waals surface area contributed by atoms with Crippen molar-refractivity contribution < 1.29 is 4.79 Å². The number of nitrogens with one attached hydrogen (secondary N) is 1. The topological polar surface area (TPSA) is 64.1 Å². The highest BCUT2D eigenvalue weighted by Crippen LogP contribution is 2.12. The molecule has 0 spiro atoms. The first kappa shape index (κ1) is 19.7. The predicted octanol–water partition coefficient (Wildman–Crippen LogP) is 1.02. The van der Waals surface area contributed by atoms with Crippen molar-refractivity contribution in [3.05, 3.63) is 24.4 Å². The number of amides is 1. The van der Waals surface area contributed by atoms with Crippen molar-refractivity contribution in [2.75, 3.05) is 57.8 Å². The molecule has 0 saturated carbocycles. The fraction of sp³-hybridized carbons (Fsp3) is 0.588. The van der Waals surface area contributed by atoms with E-state index in [1.165, 1.54) is 0 Å². The Bertz CT molecular complexity index is 568. The summed E-state index contributed by atoms with van der Waals surface area (Å²) in [6.07, 6.45) is 4.07. The lowest BCUT2D eigenvalue weighted by atomic mass is 10.3. The number of guanidine groups is 1. The first-order chi connectivity index (χ1) is 11.8. The molecule has 3 heterocycles. The molecule has 0 radical (unpaired) electrons. The summed E-state index contributed by atoms with van der Waals surface area (Å²) in [5, 5.41) is 3.22. The maximum atomic E-state index is 12.2. The number of aliphatic imine (C=N–C) groups is 1. The van der Waals surface area contributed by atoms with Gasteiger partial charge in [-0.2, -0.15) is 0 Å². The van der Waals surface area contributed by atoms with Crippen molar-refractivity contribution in [2.24, 2.45) is 4.99 Å². The van der Waals surface area contributed by atoms with E-state index in [1.54, 1.807) is 7.05 Å². The van der Waals surface area contributed by atoms with E-state index in [2.05, 4.69) is 25.1 Å². The Balaban J connectivity index is 0.00000225. The van der Waals surface area contributed by atoms with Crippen LogP contribution in [-0.2, 0) is 4.79 Å². The van der Waals surface area contributed by atoms with Gasteiger partial charge in [0.1, 0.15) is 5.82 Å².